The van der Waals surface area contributed by atoms with E-state index in [2.05, 4.69) is 20.4 Å². The van der Waals surface area contributed by atoms with Crippen molar-refractivity contribution in [3.8, 4) is 0 Å². The molecule has 0 radical (unpaired) electrons. The van der Waals surface area contributed by atoms with E-state index in [9.17, 15) is 9.59 Å². The van der Waals surface area contributed by atoms with Crippen LogP contribution >= 0.6 is 11.3 Å². The van der Waals surface area contributed by atoms with E-state index >= 15 is 0 Å². The third kappa shape index (κ3) is 5.00. The van der Waals surface area contributed by atoms with Gasteiger partial charge in [0, 0.05) is 6.04 Å². The highest BCUT2D eigenvalue weighted by Crippen LogP contribution is 2.25. The zero-order valence-corrected chi connectivity index (χ0v) is 11.5. The van der Waals surface area contributed by atoms with Crippen LogP contribution in [0.4, 0.5) is 15.7 Å². The number of rotatable bonds is 6. The van der Waals surface area contributed by atoms with Crippen molar-refractivity contribution in [3.63, 3.8) is 0 Å². The van der Waals surface area contributed by atoms with Crippen LogP contribution in [0.1, 0.15) is 23.5 Å². The van der Waals surface area contributed by atoms with Gasteiger partial charge in [-0.05, 0) is 13.8 Å². The summed E-state index contributed by atoms with van der Waals surface area (Å²) in [5.41, 5.74) is 10.4. The van der Waals surface area contributed by atoms with Crippen LogP contribution < -0.4 is 22.1 Å². The standard InChI is InChI=1S/C10H17N5O3S/c1-5(2)14-10-15-7(11)6(19-10)8(16)13-3-4-18-9(12)17/h5H,3-4,11H2,1-2H3,(H2,12,17)(H,13,16)(H,14,15). The molecule has 0 aromatic carbocycles. The molecule has 0 bridgehead atoms. The van der Waals surface area contributed by atoms with Gasteiger partial charge in [-0.25, -0.2) is 9.78 Å². The van der Waals surface area contributed by atoms with E-state index in [-0.39, 0.29) is 30.9 Å². The number of carbonyl (C=O) groups is 2. The minimum atomic E-state index is -0.880. The third-order valence-electron chi connectivity index (χ3n) is 1.90. The van der Waals surface area contributed by atoms with Crippen LogP contribution in [-0.2, 0) is 4.74 Å². The van der Waals surface area contributed by atoms with Crippen molar-refractivity contribution in [2.75, 3.05) is 24.2 Å². The zero-order valence-electron chi connectivity index (χ0n) is 10.7. The maximum Gasteiger partial charge on any atom is 0.404 e. The lowest BCUT2D eigenvalue weighted by Gasteiger charge is -2.04. The van der Waals surface area contributed by atoms with Crippen molar-refractivity contribution < 1.29 is 14.3 Å². The fraction of sp³-hybridized carbons (Fsp3) is 0.500. The van der Waals surface area contributed by atoms with E-state index in [0.29, 0.717) is 10.0 Å². The molecule has 106 valence electrons. The van der Waals surface area contributed by atoms with Gasteiger partial charge in [0.1, 0.15) is 17.3 Å². The molecule has 1 heterocycles. The number of primary amides is 1. The molecular weight excluding hydrogens is 270 g/mol. The summed E-state index contributed by atoms with van der Waals surface area (Å²) < 4.78 is 4.48. The van der Waals surface area contributed by atoms with Crippen molar-refractivity contribution in [3.05, 3.63) is 4.88 Å². The topological polar surface area (TPSA) is 132 Å². The largest absolute Gasteiger partial charge is 0.448 e. The Hall–Kier alpha value is -2.03. The lowest BCUT2D eigenvalue weighted by atomic mass is 10.4. The molecule has 1 aromatic rings. The Labute approximate surface area is 114 Å². The van der Waals surface area contributed by atoms with Gasteiger partial charge in [0.15, 0.2) is 5.13 Å². The Kier molecular flexibility index (Phi) is 5.37. The molecule has 19 heavy (non-hydrogen) atoms. The number of nitrogens with zero attached hydrogens (tertiary/aromatic N) is 1. The summed E-state index contributed by atoms with van der Waals surface area (Å²) in [5.74, 6) is -0.193. The van der Waals surface area contributed by atoms with E-state index in [1.54, 1.807) is 0 Å². The summed E-state index contributed by atoms with van der Waals surface area (Å²) in [6, 6.07) is 0.199. The quantitative estimate of drug-likeness (QED) is 0.559. The van der Waals surface area contributed by atoms with Crippen LogP contribution in [0, 0.1) is 0 Å². The minimum Gasteiger partial charge on any atom is -0.448 e. The number of aromatic nitrogens is 1. The number of nitrogens with one attached hydrogen (secondary N) is 2. The summed E-state index contributed by atoms with van der Waals surface area (Å²) in [6.07, 6.45) is -0.880. The van der Waals surface area contributed by atoms with Crippen LogP contribution in [0.5, 0.6) is 0 Å². The van der Waals surface area contributed by atoms with E-state index in [4.69, 9.17) is 11.5 Å². The molecular formula is C10H17N5O3S. The van der Waals surface area contributed by atoms with E-state index < -0.39 is 6.09 Å². The fourth-order valence-electron chi connectivity index (χ4n) is 1.20. The molecule has 9 heteroatoms. The van der Waals surface area contributed by atoms with Crippen LogP contribution in [-0.4, -0.2) is 36.2 Å². The first-order chi connectivity index (χ1) is 8.90. The van der Waals surface area contributed by atoms with Gasteiger partial charge in [-0.3, -0.25) is 4.79 Å². The van der Waals surface area contributed by atoms with Gasteiger partial charge in [-0.15, -0.1) is 0 Å². The number of ether oxygens (including phenoxy) is 1. The number of anilines is 2. The Bertz CT molecular complexity index is 460. The molecule has 0 aliphatic rings. The second-order valence-corrected chi connectivity index (χ2v) is 4.95. The van der Waals surface area contributed by atoms with Crippen LogP contribution in [0.25, 0.3) is 0 Å². The van der Waals surface area contributed by atoms with Gasteiger partial charge >= 0.3 is 6.09 Å². The number of nitrogen functional groups attached to an aromatic ring is 1. The normalized spacial score (nSPS) is 10.3. The molecule has 0 aliphatic carbocycles. The Morgan fingerprint density at radius 3 is 2.74 bits per heavy atom. The molecule has 0 unspecified atom stereocenters. The average Bonchev–Trinajstić information content (AvgIpc) is 2.64. The summed E-state index contributed by atoms with van der Waals surface area (Å²) in [4.78, 5) is 26.5. The first-order valence-electron chi connectivity index (χ1n) is 5.63. The zero-order chi connectivity index (χ0) is 14.4. The molecule has 8 nitrogen and oxygen atoms in total. The summed E-state index contributed by atoms with van der Waals surface area (Å²) in [6.45, 7) is 4.08. The molecule has 0 saturated heterocycles. The number of hydrogen-bond acceptors (Lipinski definition) is 7. The van der Waals surface area contributed by atoms with Gasteiger partial charge in [0.2, 0.25) is 0 Å². The Morgan fingerprint density at radius 2 is 2.16 bits per heavy atom. The van der Waals surface area contributed by atoms with Gasteiger partial charge in [-0.1, -0.05) is 11.3 Å². The predicted octanol–water partition coefficient (Wildman–Crippen LogP) is 0.371. The van der Waals surface area contributed by atoms with E-state index in [1.165, 1.54) is 11.3 Å². The summed E-state index contributed by atoms with van der Waals surface area (Å²) in [7, 11) is 0. The number of nitrogens with two attached hydrogens (primary N) is 2. The molecule has 1 rings (SSSR count). The maximum atomic E-state index is 11.8. The first kappa shape index (κ1) is 15.0. The molecule has 0 fully saturated rings. The smallest absolute Gasteiger partial charge is 0.404 e. The van der Waals surface area contributed by atoms with Gasteiger partial charge in [-0.2, -0.15) is 0 Å². The number of thiazole rings is 1. The highest BCUT2D eigenvalue weighted by atomic mass is 32.1. The lowest BCUT2D eigenvalue weighted by molar-refractivity contribution is 0.0941. The van der Waals surface area contributed by atoms with Crippen LogP contribution in [0.15, 0.2) is 0 Å². The van der Waals surface area contributed by atoms with Crippen molar-refractivity contribution in [1.29, 1.82) is 0 Å². The second kappa shape index (κ2) is 6.78. The number of carbonyl (C=O) groups excluding carboxylic acids is 2. The molecule has 6 N–H and O–H groups in total. The number of hydrogen-bond donors (Lipinski definition) is 4. The predicted molar refractivity (Wildman–Crippen MR) is 73.2 cm³/mol. The molecule has 0 spiro atoms. The third-order valence-corrected chi connectivity index (χ3v) is 2.90. The van der Waals surface area contributed by atoms with Crippen molar-refractivity contribution in [1.82, 2.24) is 10.3 Å². The van der Waals surface area contributed by atoms with E-state index in [1.807, 2.05) is 13.8 Å². The minimum absolute atomic E-state index is 0.0108. The first-order valence-corrected chi connectivity index (χ1v) is 6.45. The van der Waals surface area contributed by atoms with Crippen LogP contribution in [0.3, 0.4) is 0 Å². The van der Waals surface area contributed by atoms with Crippen molar-refractivity contribution >= 4 is 34.3 Å². The van der Waals surface area contributed by atoms with Crippen molar-refractivity contribution in [2.45, 2.75) is 19.9 Å². The highest BCUT2D eigenvalue weighted by molar-refractivity contribution is 7.18. The molecule has 0 saturated carbocycles. The Balaban J connectivity index is 2.52. The average molecular weight is 287 g/mol. The summed E-state index contributed by atoms with van der Waals surface area (Å²) in [5, 5.41) is 6.21. The lowest BCUT2D eigenvalue weighted by Crippen LogP contribution is -2.28. The van der Waals surface area contributed by atoms with Gasteiger partial charge < -0.3 is 26.8 Å². The number of amides is 2. The second-order valence-electron chi connectivity index (χ2n) is 3.96. The summed E-state index contributed by atoms with van der Waals surface area (Å²) >= 11 is 1.17. The molecule has 0 aliphatic heterocycles. The highest BCUT2D eigenvalue weighted by Gasteiger charge is 2.16. The molecule has 0 atom stereocenters. The molecule has 2 amide bonds. The SMILES string of the molecule is CC(C)Nc1nc(N)c(C(=O)NCCOC(N)=O)s1. The Morgan fingerprint density at radius 1 is 1.47 bits per heavy atom. The van der Waals surface area contributed by atoms with Crippen LogP contribution in [0.2, 0.25) is 0 Å². The maximum absolute atomic E-state index is 11.8. The molecule has 1 aromatic heterocycles. The monoisotopic (exact) mass is 287 g/mol. The van der Waals surface area contributed by atoms with Crippen molar-refractivity contribution in [2.24, 2.45) is 5.73 Å². The van der Waals surface area contributed by atoms with Gasteiger partial charge in [0.05, 0.1) is 6.54 Å². The van der Waals surface area contributed by atoms with Gasteiger partial charge in [0.25, 0.3) is 5.91 Å². The fourth-order valence-corrected chi connectivity index (χ4v) is 2.15. The van der Waals surface area contributed by atoms with E-state index in [0.717, 1.165) is 0 Å².